The van der Waals surface area contributed by atoms with E-state index in [0.717, 1.165) is 36.3 Å². The number of allylic oxidation sites excluding steroid dienone is 1. The molecule has 1 aromatic carbocycles. The van der Waals surface area contributed by atoms with Gasteiger partial charge in [-0.15, -0.1) is 0 Å². The largest absolute Gasteiger partial charge is 0.492 e. The Bertz CT molecular complexity index is 452. The zero-order valence-corrected chi connectivity index (χ0v) is 10.7. The first kappa shape index (κ1) is 12.7. The van der Waals surface area contributed by atoms with E-state index in [4.69, 9.17) is 4.74 Å². The van der Waals surface area contributed by atoms with Crippen molar-refractivity contribution in [3.8, 4) is 5.75 Å². The fraction of sp³-hybridized carbons (Fsp3) is 0.400. The topological polar surface area (TPSA) is 38.3 Å². The lowest BCUT2D eigenvalue weighted by atomic mass is 9.94. The van der Waals surface area contributed by atoms with E-state index in [1.54, 1.807) is 0 Å². The van der Waals surface area contributed by atoms with E-state index in [9.17, 15) is 4.79 Å². The van der Waals surface area contributed by atoms with Crippen LogP contribution < -0.4 is 10.1 Å². The van der Waals surface area contributed by atoms with E-state index in [1.807, 2.05) is 37.4 Å². The van der Waals surface area contributed by atoms with E-state index in [-0.39, 0.29) is 5.78 Å². The highest BCUT2D eigenvalue weighted by molar-refractivity contribution is 5.96. The summed E-state index contributed by atoms with van der Waals surface area (Å²) in [7, 11) is 0. The molecule has 3 nitrogen and oxygen atoms in total. The molecule has 0 aromatic heterocycles. The predicted octanol–water partition coefficient (Wildman–Crippen LogP) is 3.52. The first-order valence-corrected chi connectivity index (χ1v) is 6.52. The number of Topliss-reactive ketones (excluding diaryl/α,β-unsaturated/α-hetero) is 1. The van der Waals surface area contributed by atoms with Crippen molar-refractivity contribution in [1.82, 2.24) is 0 Å². The van der Waals surface area contributed by atoms with Crippen LogP contribution in [0.2, 0.25) is 0 Å². The number of ketones is 1. The number of rotatable bonds is 4. The maximum Gasteiger partial charge on any atom is 0.160 e. The molecule has 0 atom stereocenters. The SMILES string of the molecule is CCOc1ccccc1N/C=C1/CCCCC1=O. The van der Waals surface area contributed by atoms with E-state index in [1.165, 1.54) is 0 Å². The summed E-state index contributed by atoms with van der Waals surface area (Å²) in [5, 5.41) is 3.19. The van der Waals surface area contributed by atoms with Gasteiger partial charge in [-0.25, -0.2) is 0 Å². The lowest BCUT2D eigenvalue weighted by molar-refractivity contribution is -0.116. The highest BCUT2D eigenvalue weighted by Gasteiger charge is 2.14. The molecule has 0 bridgehead atoms. The van der Waals surface area contributed by atoms with Crippen LogP contribution in [0.3, 0.4) is 0 Å². The van der Waals surface area contributed by atoms with Gasteiger partial charge in [0.05, 0.1) is 12.3 Å². The van der Waals surface area contributed by atoms with Crippen molar-refractivity contribution in [3.63, 3.8) is 0 Å². The van der Waals surface area contributed by atoms with Gasteiger partial charge in [-0.3, -0.25) is 4.79 Å². The second-order valence-corrected chi connectivity index (χ2v) is 4.37. The predicted molar refractivity (Wildman–Crippen MR) is 72.8 cm³/mol. The number of hydrogen-bond donors (Lipinski definition) is 1. The average Bonchev–Trinajstić information content (AvgIpc) is 2.40. The Balaban J connectivity index is 2.09. The molecule has 1 aliphatic rings. The molecule has 0 heterocycles. The van der Waals surface area contributed by atoms with Crippen LogP contribution in [0, 0.1) is 0 Å². The second kappa shape index (κ2) is 6.24. The lowest BCUT2D eigenvalue weighted by Crippen LogP contribution is -2.10. The molecule has 1 N–H and O–H groups in total. The van der Waals surface area contributed by atoms with Crippen LogP contribution >= 0.6 is 0 Å². The minimum atomic E-state index is 0.266. The Morgan fingerprint density at radius 3 is 2.83 bits per heavy atom. The van der Waals surface area contributed by atoms with Crippen LogP contribution in [0.15, 0.2) is 36.0 Å². The smallest absolute Gasteiger partial charge is 0.160 e. The van der Waals surface area contributed by atoms with E-state index in [2.05, 4.69) is 5.32 Å². The number of ether oxygens (including phenoxy) is 1. The van der Waals surface area contributed by atoms with Gasteiger partial charge in [-0.05, 0) is 38.3 Å². The first-order chi connectivity index (χ1) is 8.81. The van der Waals surface area contributed by atoms with E-state index in [0.29, 0.717) is 13.0 Å². The maximum absolute atomic E-state index is 11.7. The molecule has 18 heavy (non-hydrogen) atoms. The highest BCUT2D eigenvalue weighted by atomic mass is 16.5. The van der Waals surface area contributed by atoms with Crippen LogP contribution in [0.25, 0.3) is 0 Å². The fourth-order valence-corrected chi connectivity index (χ4v) is 2.09. The van der Waals surface area contributed by atoms with Crippen molar-refractivity contribution < 1.29 is 9.53 Å². The Hall–Kier alpha value is -1.77. The van der Waals surface area contributed by atoms with Crippen LogP contribution in [0.1, 0.15) is 32.6 Å². The van der Waals surface area contributed by atoms with Gasteiger partial charge in [0.15, 0.2) is 5.78 Å². The third-order valence-corrected chi connectivity index (χ3v) is 3.05. The fourth-order valence-electron chi connectivity index (χ4n) is 2.09. The number of nitrogens with one attached hydrogen (secondary N) is 1. The van der Waals surface area contributed by atoms with Gasteiger partial charge in [0.25, 0.3) is 0 Å². The van der Waals surface area contributed by atoms with Crippen molar-refractivity contribution in [2.45, 2.75) is 32.6 Å². The summed E-state index contributed by atoms with van der Waals surface area (Å²) in [6.07, 6.45) is 5.51. The number of anilines is 1. The molecule has 0 spiro atoms. The zero-order chi connectivity index (χ0) is 12.8. The quantitative estimate of drug-likeness (QED) is 0.825. The van der Waals surface area contributed by atoms with Crippen LogP contribution in [0.5, 0.6) is 5.75 Å². The van der Waals surface area contributed by atoms with Gasteiger partial charge in [0.2, 0.25) is 0 Å². The highest BCUT2D eigenvalue weighted by Crippen LogP contribution is 2.25. The van der Waals surface area contributed by atoms with Gasteiger partial charge in [0, 0.05) is 18.2 Å². The summed E-state index contributed by atoms with van der Waals surface area (Å²) in [6, 6.07) is 7.77. The molecule has 0 unspecified atom stereocenters. The summed E-state index contributed by atoms with van der Waals surface area (Å²) < 4.78 is 5.53. The monoisotopic (exact) mass is 245 g/mol. The minimum absolute atomic E-state index is 0.266. The third kappa shape index (κ3) is 3.13. The molecule has 0 saturated heterocycles. The van der Waals surface area contributed by atoms with Crippen molar-refractivity contribution in [2.75, 3.05) is 11.9 Å². The van der Waals surface area contributed by atoms with Gasteiger partial charge in [-0.2, -0.15) is 0 Å². The lowest BCUT2D eigenvalue weighted by Gasteiger charge is -2.14. The standard InChI is InChI=1S/C15H19NO2/c1-2-18-15-10-6-4-8-13(15)16-11-12-7-3-5-9-14(12)17/h4,6,8,10-11,16H,2-3,5,7,9H2,1H3/b12-11-. The van der Waals surface area contributed by atoms with Crippen molar-refractivity contribution in [2.24, 2.45) is 0 Å². The number of para-hydroxylation sites is 2. The van der Waals surface area contributed by atoms with Crippen molar-refractivity contribution >= 4 is 11.5 Å². The molecular weight excluding hydrogens is 226 g/mol. The Kier molecular flexibility index (Phi) is 4.40. The summed E-state index contributed by atoms with van der Waals surface area (Å²) in [5.41, 5.74) is 1.80. The second-order valence-electron chi connectivity index (χ2n) is 4.37. The van der Waals surface area contributed by atoms with Gasteiger partial charge in [0.1, 0.15) is 5.75 Å². The Morgan fingerprint density at radius 2 is 2.06 bits per heavy atom. The molecule has 1 aliphatic carbocycles. The third-order valence-electron chi connectivity index (χ3n) is 3.05. The van der Waals surface area contributed by atoms with Crippen molar-refractivity contribution in [1.29, 1.82) is 0 Å². The molecule has 1 fully saturated rings. The Morgan fingerprint density at radius 1 is 1.28 bits per heavy atom. The van der Waals surface area contributed by atoms with Crippen LogP contribution in [0.4, 0.5) is 5.69 Å². The summed E-state index contributed by atoms with van der Waals surface area (Å²) in [4.78, 5) is 11.7. The Labute approximate surface area is 108 Å². The summed E-state index contributed by atoms with van der Waals surface area (Å²) in [5.74, 6) is 1.09. The van der Waals surface area contributed by atoms with Gasteiger partial charge >= 0.3 is 0 Å². The summed E-state index contributed by atoms with van der Waals surface area (Å²) >= 11 is 0. The van der Waals surface area contributed by atoms with Gasteiger partial charge < -0.3 is 10.1 Å². The van der Waals surface area contributed by atoms with Crippen LogP contribution in [-0.4, -0.2) is 12.4 Å². The molecule has 0 aliphatic heterocycles. The van der Waals surface area contributed by atoms with E-state index < -0.39 is 0 Å². The molecule has 0 radical (unpaired) electrons. The van der Waals surface area contributed by atoms with Crippen LogP contribution in [-0.2, 0) is 4.79 Å². The molecule has 1 saturated carbocycles. The molecule has 1 aromatic rings. The normalized spacial score (nSPS) is 17.8. The molecular formula is C15H19NO2. The van der Waals surface area contributed by atoms with Gasteiger partial charge in [-0.1, -0.05) is 12.1 Å². The number of carbonyl (C=O) groups is 1. The molecule has 0 amide bonds. The van der Waals surface area contributed by atoms with E-state index >= 15 is 0 Å². The summed E-state index contributed by atoms with van der Waals surface area (Å²) in [6.45, 7) is 2.59. The number of carbonyl (C=O) groups excluding carboxylic acids is 1. The first-order valence-electron chi connectivity index (χ1n) is 6.52. The number of benzene rings is 1. The molecule has 3 heteroatoms. The molecule has 96 valence electrons. The molecule has 2 rings (SSSR count). The minimum Gasteiger partial charge on any atom is -0.492 e. The maximum atomic E-state index is 11.7. The number of hydrogen-bond acceptors (Lipinski definition) is 3. The average molecular weight is 245 g/mol. The van der Waals surface area contributed by atoms with Crippen molar-refractivity contribution in [3.05, 3.63) is 36.0 Å². The zero-order valence-electron chi connectivity index (χ0n) is 10.7.